The van der Waals surface area contributed by atoms with Gasteiger partial charge in [-0.15, -0.1) is 0 Å². The van der Waals surface area contributed by atoms with Crippen LogP contribution in [0.4, 0.5) is 0 Å². The predicted octanol–water partition coefficient (Wildman–Crippen LogP) is 2.14. The van der Waals surface area contributed by atoms with Crippen LogP contribution in [0.3, 0.4) is 0 Å². The van der Waals surface area contributed by atoms with Gasteiger partial charge in [-0.1, -0.05) is 12.1 Å². The van der Waals surface area contributed by atoms with E-state index in [9.17, 15) is 4.79 Å². The molecule has 0 bridgehead atoms. The Morgan fingerprint density at radius 1 is 1.36 bits per heavy atom. The van der Waals surface area contributed by atoms with Gasteiger partial charge in [0.05, 0.1) is 5.56 Å². The molecule has 1 aromatic carbocycles. The average molecular weight is 266 g/mol. The maximum atomic E-state index is 10.4. The van der Waals surface area contributed by atoms with Gasteiger partial charge in [-0.25, -0.2) is 4.79 Å². The molecule has 0 aliphatic carbocycles. The summed E-state index contributed by atoms with van der Waals surface area (Å²) in [7, 11) is 0. The fourth-order valence-electron chi connectivity index (χ4n) is 0.635. The molecule has 4 heteroatoms. The zero-order valence-electron chi connectivity index (χ0n) is 5.75. The first-order valence-electron chi connectivity index (χ1n) is 2.69. The van der Waals surface area contributed by atoms with Crippen molar-refractivity contribution in [2.75, 3.05) is 0 Å². The Hall–Kier alpha value is -0.207. The van der Waals surface area contributed by atoms with Gasteiger partial charge in [0.1, 0.15) is 0 Å². The molecule has 1 aromatic rings. The predicted molar refractivity (Wildman–Crippen MR) is 41.1 cm³/mol. The summed E-state index contributed by atoms with van der Waals surface area (Å²) in [6.07, 6.45) is 0. The molecule has 1 rings (SSSR count). The third-order valence-corrected chi connectivity index (χ3v) is 1.80. The van der Waals surface area contributed by atoms with Crippen LogP contribution in [-0.4, -0.2) is 11.1 Å². The molecule has 0 amide bonds. The molecule has 0 aliphatic heterocycles. The summed E-state index contributed by atoms with van der Waals surface area (Å²) >= 11 is 3.12. The van der Waals surface area contributed by atoms with Crippen LogP contribution in [-0.2, 0) is 19.5 Å². The van der Waals surface area contributed by atoms with Gasteiger partial charge in [-0.2, -0.15) is 0 Å². The number of halogens is 1. The van der Waals surface area contributed by atoms with Crippen LogP contribution in [0.2, 0.25) is 0 Å². The maximum absolute atomic E-state index is 10.4. The Morgan fingerprint density at radius 3 is 2.27 bits per heavy atom. The normalized spacial score (nSPS) is 8.45. The van der Waals surface area contributed by atoms with E-state index in [1.807, 2.05) is 0 Å². The average Bonchev–Trinajstić information content (AvgIpc) is 1.88. The minimum atomic E-state index is -0.910. The third kappa shape index (κ3) is 2.72. The Bertz CT molecular complexity index is 262. The molecule has 0 heterocycles. The van der Waals surface area contributed by atoms with Crippen molar-refractivity contribution >= 4 is 21.9 Å². The van der Waals surface area contributed by atoms with E-state index < -0.39 is 5.97 Å². The van der Waals surface area contributed by atoms with Crippen molar-refractivity contribution in [3.63, 3.8) is 0 Å². The molecule has 2 nitrogen and oxygen atoms in total. The Balaban J connectivity index is 0.000001000. The fraction of sp³-hybridized carbons (Fsp3) is 0. The van der Waals surface area contributed by atoms with E-state index in [0.717, 1.165) is 0 Å². The summed E-state index contributed by atoms with van der Waals surface area (Å²) in [4.78, 5) is 10.4. The van der Waals surface area contributed by atoms with E-state index in [1.165, 1.54) is 0 Å². The van der Waals surface area contributed by atoms with Crippen LogP contribution in [0.5, 0.6) is 0 Å². The molecule has 0 aliphatic rings. The number of rotatable bonds is 1. The van der Waals surface area contributed by atoms with Crippen molar-refractivity contribution in [1.82, 2.24) is 0 Å². The Kier molecular flexibility index (Phi) is 4.54. The molecule has 0 saturated heterocycles. The van der Waals surface area contributed by atoms with Gasteiger partial charge in [0.15, 0.2) is 0 Å². The molecular weight excluding hydrogens is 261 g/mol. The van der Waals surface area contributed by atoms with Crippen LogP contribution in [0.15, 0.2) is 28.7 Å². The van der Waals surface area contributed by atoms with E-state index in [-0.39, 0.29) is 19.5 Å². The molecule has 0 fully saturated rings. The topological polar surface area (TPSA) is 37.3 Å². The molecular formula is C7H5BrO2Zn. The van der Waals surface area contributed by atoms with Gasteiger partial charge >= 0.3 is 5.97 Å². The van der Waals surface area contributed by atoms with E-state index in [2.05, 4.69) is 15.9 Å². The number of hydrogen-bond donors (Lipinski definition) is 1. The van der Waals surface area contributed by atoms with Crippen molar-refractivity contribution in [2.24, 2.45) is 0 Å². The first-order chi connectivity index (χ1) is 4.72. The van der Waals surface area contributed by atoms with E-state index in [0.29, 0.717) is 10.0 Å². The summed E-state index contributed by atoms with van der Waals surface area (Å²) in [5.74, 6) is -0.910. The van der Waals surface area contributed by atoms with Gasteiger partial charge in [-0.3, -0.25) is 0 Å². The molecule has 0 spiro atoms. The zero-order chi connectivity index (χ0) is 7.56. The smallest absolute Gasteiger partial charge is 0.336 e. The van der Waals surface area contributed by atoms with Gasteiger partial charge in [0.2, 0.25) is 0 Å². The quantitative estimate of drug-likeness (QED) is 0.791. The van der Waals surface area contributed by atoms with Gasteiger partial charge in [0, 0.05) is 24.0 Å². The van der Waals surface area contributed by atoms with Crippen molar-refractivity contribution < 1.29 is 29.4 Å². The number of hydrogen-bond acceptors (Lipinski definition) is 1. The molecule has 11 heavy (non-hydrogen) atoms. The van der Waals surface area contributed by atoms with Crippen molar-refractivity contribution in [1.29, 1.82) is 0 Å². The Morgan fingerprint density at radius 2 is 1.91 bits per heavy atom. The summed E-state index contributed by atoms with van der Waals surface area (Å²) in [5, 5.41) is 8.54. The second-order valence-electron chi connectivity index (χ2n) is 1.78. The molecule has 0 radical (unpaired) electrons. The summed E-state index contributed by atoms with van der Waals surface area (Å²) in [6.45, 7) is 0. The number of carbonyl (C=O) groups is 1. The van der Waals surface area contributed by atoms with Gasteiger partial charge in [0.25, 0.3) is 0 Å². The molecule has 0 saturated carbocycles. The summed E-state index contributed by atoms with van der Waals surface area (Å²) in [5.41, 5.74) is 0.294. The standard InChI is InChI=1S/C7H5BrO2.Zn/c8-6-4-2-1-3-5(6)7(9)10;/h1-4H,(H,9,10);. The van der Waals surface area contributed by atoms with Crippen LogP contribution >= 0.6 is 15.9 Å². The number of benzene rings is 1. The summed E-state index contributed by atoms with van der Waals surface area (Å²) < 4.78 is 0.613. The fourth-order valence-corrected chi connectivity index (χ4v) is 1.09. The van der Waals surface area contributed by atoms with Crippen molar-refractivity contribution in [2.45, 2.75) is 0 Å². The molecule has 0 aromatic heterocycles. The van der Waals surface area contributed by atoms with Crippen molar-refractivity contribution in [3.8, 4) is 0 Å². The Labute approximate surface area is 85.5 Å². The van der Waals surface area contributed by atoms with E-state index in [1.54, 1.807) is 24.3 Å². The summed E-state index contributed by atoms with van der Waals surface area (Å²) in [6, 6.07) is 6.71. The minimum Gasteiger partial charge on any atom is -0.478 e. The molecule has 0 atom stereocenters. The van der Waals surface area contributed by atoms with Crippen LogP contribution in [0, 0.1) is 0 Å². The first-order valence-corrected chi connectivity index (χ1v) is 3.49. The molecule has 54 valence electrons. The third-order valence-electron chi connectivity index (χ3n) is 1.10. The second kappa shape index (κ2) is 4.63. The number of carboxylic acids is 1. The molecule has 1 N–H and O–H groups in total. The van der Waals surface area contributed by atoms with Crippen molar-refractivity contribution in [3.05, 3.63) is 34.3 Å². The number of carboxylic acid groups (broad SMARTS) is 1. The second-order valence-corrected chi connectivity index (χ2v) is 2.64. The SMILES string of the molecule is O=C(O)c1ccccc1Br.[Zn]. The van der Waals surface area contributed by atoms with Gasteiger partial charge < -0.3 is 5.11 Å². The largest absolute Gasteiger partial charge is 0.478 e. The van der Waals surface area contributed by atoms with Crippen LogP contribution in [0.25, 0.3) is 0 Å². The zero-order valence-corrected chi connectivity index (χ0v) is 10.3. The maximum Gasteiger partial charge on any atom is 0.336 e. The monoisotopic (exact) mass is 264 g/mol. The van der Waals surface area contributed by atoms with E-state index in [4.69, 9.17) is 5.11 Å². The van der Waals surface area contributed by atoms with Crippen LogP contribution < -0.4 is 0 Å². The first kappa shape index (κ1) is 10.8. The van der Waals surface area contributed by atoms with Crippen LogP contribution in [0.1, 0.15) is 10.4 Å². The van der Waals surface area contributed by atoms with E-state index >= 15 is 0 Å². The molecule has 0 unspecified atom stereocenters. The van der Waals surface area contributed by atoms with Gasteiger partial charge in [-0.05, 0) is 28.1 Å². The number of aromatic carboxylic acids is 1. The minimum absolute atomic E-state index is 0.